The van der Waals surface area contributed by atoms with E-state index in [0.717, 1.165) is 5.56 Å². The molecule has 1 fully saturated rings. The fourth-order valence-electron chi connectivity index (χ4n) is 3.19. The molecule has 146 valence electrons. The van der Waals surface area contributed by atoms with Crippen LogP contribution in [0.2, 0.25) is 0 Å². The Kier molecular flexibility index (Phi) is 6.18. The maximum Gasteiger partial charge on any atom is 0.295 e. The van der Waals surface area contributed by atoms with E-state index < -0.39 is 17.7 Å². The summed E-state index contributed by atoms with van der Waals surface area (Å²) in [6.07, 6.45) is 3.17. The predicted octanol–water partition coefficient (Wildman–Crippen LogP) is 1.82. The Labute approximate surface area is 162 Å². The summed E-state index contributed by atoms with van der Waals surface area (Å²) in [5.74, 6) is -1.66. The average Bonchev–Trinajstić information content (AvgIpc) is 2.97. The average molecular weight is 382 g/mol. The molecule has 0 unspecified atom stereocenters. The molecule has 1 aromatic carbocycles. The van der Waals surface area contributed by atoms with Crippen molar-refractivity contribution in [1.82, 2.24) is 9.88 Å². The van der Waals surface area contributed by atoms with Gasteiger partial charge in [-0.15, -0.1) is 0 Å². The first kappa shape index (κ1) is 19.7. The van der Waals surface area contributed by atoms with Crippen LogP contribution in [-0.2, 0) is 14.3 Å². The van der Waals surface area contributed by atoms with Crippen molar-refractivity contribution in [3.05, 3.63) is 71.1 Å². The fraction of sp³-hybridized carbons (Fsp3) is 0.286. The van der Waals surface area contributed by atoms with Gasteiger partial charge in [-0.2, -0.15) is 0 Å². The van der Waals surface area contributed by atoms with Gasteiger partial charge >= 0.3 is 0 Å². The highest BCUT2D eigenvalue weighted by atomic mass is 16.5. The number of likely N-dealkylation sites (tertiary alicyclic amines) is 1. The highest BCUT2D eigenvalue weighted by Gasteiger charge is 2.45. The summed E-state index contributed by atoms with van der Waals surface area (Å²) in [5.41, 5.74) is 2.14. The first-order chi connectivity index (χ1) is 13.5. The van der Waals surface area contributed by atoms with Crippen LogP contribution in [0, 0.1) is 6.92 Å². The molecule has 1 aliphatic heterocycles. The number of hydrogen-bond donors (Lipinski definition) is 2. The lowest BCUT2D eigenvalue weighted by Gasteiger charge is -2.24. The number of aliphatic hydroxyl groups is 2. The molecule has 2 aromatic rings. The number of carbonyl (C=O) groups is 2. The van der Waals surface area contributed by atoms with Gasteiger partial charge in [-0.1, -0.05) is 35.9 Å². The normalized spacial score (nSPS) is 18.6. The topological polar surface area (TPSA) is 100.0 Å². The molecule has 2 N–H and O–H groups in total. The van der Waals surface area contributed by atoms with Crippen LogP contribution in [0.3, 0.4) is 0 Å². The zero-order chi connectivity index (χ0) is 20.1. The van der Waals surface area contributed by atoms with Gasteiger partial charge in [0.25, 0.3) is 11.7 Å². The van der Waals surface area contributed by atoms with E-state index in [1.165, 1.54) is 4.90 Å². The molecule has 1 saturated heterocycles. The molecule has 28 heavy (non-hydrogen) atoms. The molecular weight excluding hydrogens is 360 g/mol. The minimum absolute atomic E-state index is 0.0315. The number of rotatable bonds is 7. The fourth-order valence-corrected chi connectivity index (χ4v) is 3.19. The second kappa shape index (κ2) is 8.77. The second-order valence-electron chi connectivity index (χ2n) is 6.48. The Bertz CT molecular complexity index is 877. The third-order valence-corrected chi connectivity index (χ3v) is 4.58. The third-order valence-electron chi connectivity index (χ3n) is 4.58. The number of ether oxygens (including phenoxy) is 1. The number of Topliss-reactive ketones (excluding diaryl/α,β-unsaturated/α-hetero) is 1. The van der Waals surface area contributed by atoms with Gasteiger partial charge in [0.1, 0.15) is 5.76 Å². The number of carbonyl (C=O) groups excluding carboxylic acids is 2. The van der Waals surface area contributed by atoms with Crippen LogP contribution < -0.4 is 0 Å². The van der Waals surface area contributed by atoms with Crippen LogP contribution in [0.5, 0.6) is 0 Å². The van der Waals surface area contributed by atoms with Crippen LogP contribution in [0.4, 0.5) is 0 Å². The Balaban J connectivity index is 2.03. The molecule has 0 bridgehead atoms. The van der Waals surface area contributed by atoms with Crippen molar-refractivity contribution in [2.45, 2.75) is 13.0 Å². The van der Waals surface area contributed by atoms with Gasteiger partial charge in [-0.05, 0) is 18.6 Å². The van der Waals surface area contributed by atoms with Gasteiger partial charge in [0, 0.05) is 24.5 Å². The Morgan fingerprint density at radius 3 is 2.57 bits per heavy atom. The summed E-state index contributed by atoms with van der Waals surface area (Å²) in [6, 6.07) is 9.79. The largest absolute Gasteiger partial charge is 0.507 e. The molecule has 1 aliphatic rings. The lowest BCUT2D eigenvalue weighted by atomic mass is 9.96. The smallest absolute Gasteiger partial charge is 0.295 e. The number of benzene rings is 1. The van der Waals surface area contributed by atoms with E-state index in [-0.39, 0.29) is 37.7 Å². The molecule has 0 spiro atoms. The van der Waals surface area contributed by atoms with Gasteiger partial charge in [0.15, 0.2) is 0 Å². The summed E-state index contributed by atoms with van der Waals surface area (Å²) in [5, 5.41) is 19.7. The molecule has 0 radical (unpaired) electrons. The highest BCUT2D eigenvalue weighted by molar-refractivity contribution is 6.46. The monoisotopic (exact) mass is 382 g/mol. The number of pyridine rings is 1. The van der Waals surface area contributed by atoms with E-state index >= 15 is 0 Å². The first-order valence-electron chi connectivity index (χ1n) is 8.98. The maximum atomic E-state index is 12.8. The van der Waals surface area contributed by atoms with E-state index in [4.69, 9.17) is 9.84 Å². The summed E-state index contributed by atoms with van der Waals surface area (Å²) >= 11 is 0. The van der Waals surface area contributed by atoms with Crippen LogP contribution in [0.15, 0.2) is 54.4 Å². The molecule has 7 heteroatoms. The van der Waals surface area contributed by atoms with Crippen molar-refractivity contribution in [3.63, 3.8) is 0 Å². The maximum absolute atomic E-state index is 12.8. The van der Waals surface area contributed by atoms with Crippen molar-refractivity contribution in [2.75, 3.05) is 26.4 Å². The van der Waals surface area contributed by atoms with E-state index in [1.54, 1.807) is 36.7 Å². The molecule has 1 amide bonds. The van der Waals surface area contributed by atoms with Crippen LogP contribution >= 0.6 is 0 Å². The standard InChI is InChI=1S/C21H22N2O5/c1-14-4-6-15(7-5-14)19(25)17-18(16-3-2-8-22-13-16)23(21(27)20(17)26)9-11-28-12-10-24/h2-8,13,18,24-25H,9-12H2,1H3/t18-/m1/s1. The third kappa shape index (κ3) is 3.95. The molecular formula is C21H22N2O5. The molecule has 0 aliphatic carbocycles. The number of amides is 1. The molecule has 1 atom stereocenters. The van der Waals surface area contributed by atoms with Crippen molar-refractivity contribution in [3.8, 4) is 0 Å². The summed E-state index contributed by atoms with van der Waals surface area (Å²) in [4.78, 5) is 30.9. The van der Waals surface area contributed by atoms with Gasteiger partial charge in [-0.25, -0.2) is 0 Å². The van der Waals surface area contributed by atoms with Crippen LogP contribution in [-0.4, -0.2) is 58.2 Å². The SMILES string of the molecule is Cc1ccc(C(O)=C2C(=O)C(=O)N(CCOCCO)[C@@H]2c2cccnc2)cc1. The first-order valence-corrected chi connectivity index (χ1v) is 8.98. The predicted molar refractivity (Wildman–Crippen MR) is 102 cm³/mol. The van der Waals surface area contributed by atoms with Gasteiger partial charge in [0.05, 0.1) is 31.4 Å². The Hall–Kier alpha value is -3.03. The molecule has 2 heterocycles. The molecule has 7 nitrogen and oxygen atoms in total. The number of aliphatic hydroxyl groups excluding tert-OH is 2. The Morgan fingerprint density at radius 1 is 1.18 bits per heavy atom. The number of nitrogens with zero attached hydrogens (tertiary/aromatic N) is 2. The van der Waals surface area contributed by atoms with Crippen molar-refractivity contribution < 1.29 is 24.5 Å². The zero-order valence-corrected chi connectivity index (χ0v) is 15.5. The number of aromatic nitrogens is 1. The quantitative estimate of drug-likeness (QED) is 0.328. The van der Waals surface area contributed by atoms with Crippen molar-refractivity contribution >= 4 is 17.4 Å². The lowest BCUT2D eigenvalue weighted by Crippen LogP contribution is -2.33. The van der Waals surface area contributed by atoms with Gasteiger partial charge in [0.2, 0.25) is 0 Å². The lowest BCUT2D eigenvalue weighted by molar-refractivity contribution is -0.140. The minimum atomic E-state index is -0.757. The zero-order valence-electron chi connectivity index (χ0n) is 15.5. The van der Waals surface area contributed by atoms with Gasteiger partial charge in [-0.3, -0.25) is 14.6 Å². The van der Waals surface area contributed by atoms with E-state index in [9.17, 15) is 14.7 Å². The van der Waals surface area contributed by atoms with Crippen LogP contribution in [0.25, 0.3) is 5.76 Å². The van der Waals surface area contributed by atoms with Gasteiger partial charge < -0.3 is 19.8 Å². The number of ketones is 1. The van der Waals surface area contributed by atoms with Crippen molar-refractivity contribution in [1.29, 1.82) is 0 Å². The summed E-state index contributed by atoms with van der Waals surface area (Å²) in [7, 11) is 0. The molecule has 1 aromatic heterocycles. The van der Waals surface area contributed by atoms with E-state index in [1.807, 2.05) is 19.1 Å². The van der Waals surface area contributed by atoms with Crippen LogP contribution in [0.1, 0.15) is 22.7 Å². The molecule has 3 rings (SSSR count). The number of hydrogen-bond acceptors (Lipinski definition) is 6. The molecule has 0 saturated carbocycles. The van der Waals surface area contributed by atoms with E-state index in [0.29, 0.717) is 11.1 Å². The second-order valence-corrected chi connectivity index (χ2v) is 6.48. The number of aryl methyl sites for hydroxylation is 1. The highest BCUT2D eigenvalue weighted by Crippen LogP contribution is 2.38. The Morgan fingerprint density at radius 2 is 1.93 bits per heavy atom. The van der Waals surface area contributed by atoms with E-state index in [2.05, 4.69) is 4.98 Å². The summed E-state index contributed by atoms with van der Waals surface area (Å²) in [6.45, 7) is 2.25. The van der Waals surface area contributed by atoms with Crippen molar-refractivity contribution in [2.24, 2.45) is 0 Å². The minimum Gasteiger partial charge on any atom is -0.507 e. The summed E-state index contributed by atoms with van der Waals surface area (Å²) < 4.78 is 5.26.